The number of hydrogen-bond donors (Lipinski definition) is 1. The SMILES string of the molecule is CC(N)CC(=O)N1CCCC(c2nc(C(F)(F)F)cs2)C1.Cl. The largest absolute Gasteiger partial charge is 0.434 e. The minimum atomic E-state index is -4.41. The minimum Gasteiger partial charge on any atom is -0.342 e. The monoisotopic (exact) mass is 357 g/mol. The maximum atomic E-state index is 12.6. The van der Waals surface area contributed by atoms with Crippen LogP contribution in [0.3, 0.4) is 0 Å². The van der Waals surface area contributed by atoms with Crippen LogP contribution in [0.15, 0.2) is 5.38 Å². The number of hydrogen-bond acceptors (Lipinski definition) is 4. The highest BCUT2D eigenvalue weighted by Gasteiger charge is 2.35. The van der Waals surface area contributed by atoms with Crippen LogP contribution in [0.25, 0.3) is 0 Å². The summed E-state index contributed by atoms with van der Waals surface area (Å²) in [4.78, 5) is 17.4. The van der Waals surface area contributed by atoms with Gasteiger partial charge in [0, 0.05) is 36.9 Å². The smallest absolute Gasteiger partial charge is 0.342 e. The molecule has 2 heterocycles. The first kappa shape index (κ1) is 19.2. The Hall–Kier alpha value is -0.860. The van der Waals surface area contributed by atoms with Gasteiger partial charge in [-0.3, -0.25) is 4.79 Å². The number of nitrogens with two attached hydrogens (primary N) is 1. The Morgan fingerprint density at radius 3 is 2.82 bits per heavy atom. The summed E-state index contributed by atoms with van der Waals surface area (Å²) in [5, 5.41) is 1.50. The molecule has 4 nitrogen and oxygen atoms in total. The molecule has 1 amide bonds. The number of carbonyl (C=O) groups excluding carboxylic acids is 1. The molecule has 1 fully saturated rings. The van der Waals surface area contributed by atoms with E-state index < -0.39 is 11.9 Å². The van der Waals surface area contributed by atoms with Crippen LogP contribution in [-0.4, -0.2) is 34.9 Å². The van der Waals surface area contributed by atoms with Crippen LogP contribution in [0.5, 0.6) is 0 Å². The Bertz CT molecular complexity index is 507. The fourth-order valence-electron chi connectivity index (χ4n) is 2.42. The van der Waals surface area contributed by atoms with E-state index in [2.05, 4.69) is 4.98 Å². The summed E-state index contributed by atoms with van der Waals surface area (Å²) in [5.41, 5.74) is 4.77. The maximum absolute atomic E-state index is 12.6. The fraction of sp³-hybridized carbons (Fsp3) is 0.692. The second kappa shape index (κ2) is 7.61. The van der Waals surface area contributed by atoms with Gasteiger partial charge in [-0.05, 0) is 19.8 Å². The molecule has 0 bridgehead atoms. The summed E-state index contributed by atoms with van der Waals surface area (Å²) in [5.74, 6) is -0.154. The normalized spacial score (nSPS) is 20.4. The number of alkyl halides is 3. The number of halogens is 4. The molecule has 2 N–H and O–H groups in total. The Kier molecular flexibility index (Phi) is 6.64. The van der Waals surface area contributed by atoms with Crippen molar-refractivity contribution in [2.24, 2.45) is 5.73 Å². The van der Waals surface area contributed by atoms with Crippen LogP contribution in [0.1, 0.15) is 42.8 Å². The van der Waals surface area contributed by atoms with Gasteiger partial charge in [0.1, 0.15) is 0 Å². The number of likely N-dealkylation sites (tertiary alicyclic amines) is 1. The first-order chi connectivity index (χ1) is 9.77. The molecule has 1 aromatic heterocycles. The van der Waals surface area contributed by atoms with E-state index in [0.29, 0.717) is 18.1 Å². The number of piperidine rings is 1. The summed E-state index contributed by atoms with van der Waals surface area (Å²) >= 11 is 1.02. The Morgan fingerprint density at radius 2 is 2.27 bits per heavy atom. The molecule has 0 aliphatic carbocycles. The van der Waals surface area contributed by atoms with E-state index in [0.717, 1.165) is 29.6 Å². The van der Waals surface area contributed by atoms with Crippen LogP contribution in [0.4, 0.5) is 13.2 Å². The van der Waals surface area contributed by atoms with E-state index in [9.17, 15) is 18.0 Å². The van der Waals surface area contributed by atoms with Gasteiger partial charge >= 0.3 is 6.18 Å². The van der Waals surface area contributed by atoms with Crippen molar-refractivity contribution in [3.8, 4) is 0 Å². The topological polar surface area (TPSA) is 59.2 Å². The number of carbonyl (C=O) groups is 1. The number of rotatable bonds is 3. The van der Waals surface area contributed by atoms with Crippen molar-refractivity contribution >= 4 is 29.7 Å². The highest BCUT2D eigenvalue weighted by molar-refractivity contribution is 7.09. The van der Waals surface area contributed by atoms with E-state index in [4.69, 9.17) is 5.73 Å². The van der Waals surface area contributed by atoms with Gasteiger partial charge in [-0.1, -0.05) is 0 Å². The molecular formula is C13H19ClF3N3OS. The summed E-state index contributed by atoms with van der Waals surface area (Å²) in [6.07, 6.45) is -2.62. The zero-order valence-electron chi connectivity index (χ0n) is 12.1. The van der Waals surface area contributed by atoms with E-state index in [1.807, 2.05) is 0 Å². The second-order valence-corrected chi connectivity index (χ2v) is 6.32. The molecule has 1 saturated heterocycles. The van der Waals surface area contributed by atoms with Crippen molar-refractivity contribution < 1.29 is 18.0 Å². The number of thiazole rings is 1. The van der Waals surface area contributed by atoms with Crippen molar-refractivity contribution in [2.45, 2.75) is 44.3 Å². The van der Waals surface area contributed by atoms with Crippen molar-refractivity contribution in [3.63, 3.8) is 0 Å². The minimum absolute atomic E-state index is 0. The van der Waals surface area contributed by atoms with Crippen LogP contribution < -0.4 is 5.73 Å². The lowest BCUT2D eigenvalue weighted by atomic mass is 9.98. The zero-order chi connectivity index (χ0) is 15.6. The average Bonchev–Trinajstić information content (AvgIpc) is 2.87. The van der Waals surface area contributed by atoms with Crippen molar-refractivity contribution in [1.82, 2.24) is 9.88 Å². The average molecular weight is 358 g/mol. The molecule has 0 radical (unpaired) electrons. The van der Waals surface area contributed by atoms with Crippen molar-refractivity contribution in [2.75, 3.05) is 13.1 Å². The van der Waals surface area contributed by atoms with E-state index >= 15 is 0 Å². The van der Waals surface area contributed by atoms with Gasteiger partial charge in [-0.15, -0.1) is 23.7 Å². The fourth-order valence-corrected chi connectivity index (χ4v) is 3.37. The van der Waals surface area contributed by atoms with Crippen LogP contribution in [-0.2, 0) is 11.0 Å². The molecular weight excluding hydrogens is 339 g/mol. The van der Waals surface area contributed by atoms with Gasteiger partial charge < -0.3 is 10.6 Å². The third-order valence-corrected chi connectivity index (χ3v) is 4.44. The molecule has 22 heavy (non-hydrogen) atoms. The van der Waals surface area contributed by atoms with E-state index in [-0.39, 0.29) is 36.7 Å². The molecule has 2 unspecified atom stereocenters. The number of amides is 1. The molecule has 2 rings (SSSR count). The lowest BCUT2D eigenvalue weighted by Crippen LogP contribution is -2.41. The Labute approximate surface area is 137 Å². The predicted molar refractivity (Wildman–Crippen MR) is 81.2 cm³/mol. The summed E-state index contributed by atoms with van der Waals surface area (Å²) in [7, 11) is 0. The van der Waals surface area contributed by atoms with Crippen LogP contribution >= 0.6 is 23.7 Å². The molecule has 0 aromatic carbocycles. The first-order valence-corrected chi connectivity index (χ1v) is 7.71. The molecule has 1 aromatic rings. The second-order valence-electron chi connectivity index (χ2n) is 5.43. The highest BCUT2D eigenvalue weighted by Crippen LogP contribution is 2.35. The summed E-state index contributed by atoms with van der Waals surface area (Å²) < 4.78 is 37.7. The molecule has 1 aliphatic heterocycles. The molecule has 2 atom stereocenters. The quantitative estimate of drug-likeness (QED) is 0.904. The van der Waals surface area contributed by atoms with Gasteiger partial charge in [-0.25, -0.2) is 4.98 Å². The molecule has 9 heteroatoms. The van der Waals surface area contributed by atoms with Crippen LogP contribution in [0, 0.1) is 0 Å². The molecule has 1 aliphatic rings. The van der Waals surface area contributed by atoms with Crippen molar-refractivity contribution in [3.05, 3.63) is 16.1 Å². The van der Waals surface area contributed by atoms with Crippen molar-refractivity contribution in [1.29, 1.82) is 0 Å². The standard InChI is InChI=1S/C13H18F3N3OS.ClH/c1-8(17)5-11(20)19-4-2-3-9(6-19)12-18-10(7-21-12)13(14,15)16;/h7-9H,2-6,17H2,1H3;1H. The number of nitrogens with zero attached hydrogens (tertiary/aromatic N) is 2. The van der Waals surface area contributed by atoms with E-state index in [1.54, 1.807) is 11.8 Å². The summed E-state index contributed by atoms with van der Waals surface area (Å²) in [6, 6.07) is -0.213. The van der Waals surface area contributed by atoms with E-state index in [1.165, 1.54) is 0 Å². The maximum Gasteiger partial charge on any atom is 0.434 e. The van der Waals surface area contributed by atoms with Gasteiger partial charge in [0.25, 0.3) is 0 Å². The molecule has 126 valence electrons. The Morgan fingerprint density at radius 1 is 1.59 bits per heavy atom. The lowest BCUT2D eigenvalue weighted by Gasteiger charge is -2.32. The highest BCUT2D eigenvalue weighted by atomic mass is 35.5. The predicted octanol–water partition coefficient (Wildman–Crippen LogP) is 3.03. The summed E-state index contributed by atoms with van der Waals surface area (Å²) in [6.45, 7) is 2.83. The lowest BCUT2D eigenvalue weighted by molar-refractivity contribution is -0.141. The third-order valence-electron chi connectivity index (χ3n) is 3.43. The number of aromatic nitrogens is 1. The van der Waals surface area contributed by atoms with Gasteiger partial charge in [0.15, 0.2) is 5.69 Å². The zero-order valence-corrected chi connectivity index (χ0v) is 13.7. The molecule has 0 spiro atoms. The van der Waals surface area contributed by atoms with Gasteiger partial charge in [-0.2, -0.15) is 13.2 Å². The van der Waals surface area contributed by atoms with Crippen LogP contribution in [0.2, 0.25) is 0 Å². The van der Waals surface area contributed by atoms with Gasteiger partial charge in [0.05, 0.1) is 5.01 Å². The first-order valence-electron chi connectivity index (χ1n) is 6.83. The molecule has 0 saturated carbocycles. The Balaban J connectivity index is 0.00000242. The van der Waals surface area contributed by atoms with Gasteiger partial charge in [0.2, 0.25) is 5.91 Å². The third kappa shape index (κ3) is 4.82.